The first kappa shape index (κ1) is 19.5. The number of halogens is 2. The number of benzene rings is 1. The minimum absolute atomic E-state index is 0. The van der Waals surface area contributed by atoms with E-state index < -0.39 is 0 Å². The number of ether oxygens (including phenoxy) is 1. The maximum absolute atomic E-state index is 12.2. The van der Waals surface area contributed by atoms with Crippen LogP contribution in [0.1, 0.15) is 16.6 Å². The van der Waals surface area contributed by atoms with Gasteiger partial charge in [0, 0.05) is 13.1 Å². The standard InChI is InChI=1S/C16H15BrN2O2S2.BrH/c1-3-21-10-4-5-12-11(8-10)18-16(19(12)2)22-9-13(20)14-6-7-15(17)23-14;/h4-8H,3,9H2,1-2H3;1H. The van der Waals surface area contributed by atoms with Crippen LogP contribution in [0.25, 0.3) is 11.0 Å². The Hall–Kier alpha value is -0.830. The molecule has 0 bridgehead atoms. The van der Waals surface area contributed by atoms with Crippen LogP contribution >= 0.6 is 56.0 Å². The lowest BCUT2D eigenvalue weighted by molar-refractivity contribution is 0.102. The molecule has 2 aromatic heterocycles. The topological polar surface area (TPSA) is 44.1 Å². The molecule has 0 amide bonds. The molecule has 128 valence electrons. The Kier molecular flexibility index (Phi) is 6.91. The second-order valence-corrected chi connectivity index (χ2v) is 8.26. The van der Waals surface area contributed by atoms with Crippen LogP contribution in [0.2, 0.25) is 0 Å². The fraction of sp³-hybridized carbons (Fsp3) is 0.250. The number of aryl methyl sites for hydroxylation is 1. The third kappa shape index (κ3) is 4.22. The molecule has 0 aliphatic rings. The summed E-state index contributed by atoms with van der Waals surface area (Å²) in [6, 6.07) is 9.61. The van der Waals surface area contributed by atoms with E-state index in [0.29, 0.717) is 12.4 Å². The highest BCUT2D eigenvalue weighted by Crippen LogP contribution is 2.28. The molecule has 0 aliphatic carbocycles. The quantitative estimate of drug-likeness (QED) is 0.344. The number of imidazole rings is 1. The molecule has 0 fully saturated rings. The number of rotatable bonds is 6. The monoisotopic (exact) mass is 490 g/mol. The molecule has 3 aromatic rings. The van der Waals surface area contributed by atoms with E-state index in [2.05, 4.69) is 20.9 Å². The zero-order chi connectivity index (χ0) is 16.4. The summed E-state index contributed by atoms with van der Waals surface area (Å²) in [5.41, 5.74) is 1.91. The number of thiophene rings is 1. The van der Waals surface area contributed by atoms with Crippen LogP contribution in [-0.4, -0.2) is 27.7 Å². The molecule has 0 radical (unpaired) electrons. The van der Waals surface area contributed by atoms with Gasteiger partial charge in [-0.1, -0.05) is 11.8 Å². The first-order valence-electron chi connectivity index (χ1n) is 7.09. The van der Waals surface area contributed by atoms with Gasteiger partial charge in [0.2, 0.25) is 0 Å². The normalized spacial score (nSPS) is 10.6. The molecule has 3 rings (SSSR count). The van der Waals surface area contributed by atoms with Crippen molar-refractivity contribution in [1.82, 2.24) is 9.55 Å². The zero-order valence-corrected chi connectivity index (χ0v) is 18.0. The fourth-order valence-electron chi connectivity index (χ4n) is 2.21. The Bertz CT molecular complexity index is 861. The molecule has 0 spiro atoms. The van der Waals surface area contributed by atoms with E-state index in [1.54, 1.807) is 0 Å². The predicted octanol–water partition coefficient (Wildman–Crippen LogP) is 5.35. The van der Waals surface area contributed by atoms with E-state index in [4.69, 9.17) is 4.74 Å². The van der Waals surface area contributed by atoms with Crippen molar-refractivity contribution in [1.29, 1.82) is 0 Å². The molecule has 2 heterocycles. The number of Topliss-reactive ketones (excluding diaryl/α,β-unsaturated/α-hetero) is 1. The van der Waals surface area contributed by atoms with Gasteiger partial charge in [-0.2, -0.15) is 0 Å². The minimum atomic E-state index is 0. The van der Waals surface area contributed by atoms with Crippen LogP contribution in [0.15, 0.2) is 39.3 Å². The van der Waals surface area contributed by atoms with Gasteiger partial charge < -0.3 is 9.30 Å². The number of carbonyl (C=O) groups is 1. The maximum Gasteiger partial charge on any atom is 0.183 e. The second kappa shape index (κ2) is 8.51. The largest absolute Gasteiger partial charge is 0.494 e. The smallest absolute Gasteiger partial charge is 0.183 e. The number of aromatic nitrogens is 2. The van der Waals surface area contributed by atoms with Gasteiger partial charge in [-0.05, 0) is 47.1 Å². The summed E-state index contributed by atoms with van der Waals surface area (Å²) >= 11 is 6.30. The van der Waals surface area contributed by atoms with Gasteiger partial charge >= 0.3 is 0 Å². The number of ketones is 1. The molecule has 0 atom stereocenters. The van der Waals surface area contributed by atoms with Crippen LogP contribution in [0.3, 0.4) is 0 Å². The number of thioether (sulfide) groups is 1. The molecule has 0 saturated heterocycles. The SMILES string of the molecule is Br.CCOc1ccc2c(c1)nc(SCC(=O)c1ccc(Br)s1)n2C. The van der Waals surface area contributed by atoms with Gasteiger partial charge in [-0.3, -0.25) is 4.79 Å². The van der Waals surface area contributed by atoms with Crippen molar-refractivity contribution in [2.75, 3.05) is 12.4 Å². The minimum Gasteiger partial charge on any atom is -0.494 e. The van der Waals surface area contributed by atoms with Crippen molar-refractivity contribution in [3.63, 3.8) is 0 Å². The van der Waals surface area contributed by atoms with Crippen molar-refractivity contribution in [2.45, 2.75) is 12.1 Å². The van der Waals surface area contributed by atoms with Crippen molar-refractivity contribution in [3.05, 3.63) is 39.0 Å². The van der Waals surface area contributed by atoms with E-state index in [9.17, 15) is 4.79 Å². The lowest BCUT2D eigenvalue weighted by Gasteiger charge is -2.02. The number of hydrogen-bond donors (Lipinski definition) is 0. The zero-order valence-electron chi connectivity index (χ0n) is 13.1. The third-order valence-electron chi connectivity index (χ3n) is 3.30. The van der Waals surface area contributed by atoms with Crippen molar-refractivity contribution >= 4 is 72.8 Å². The maximum atomic E-state index is 12.2. The molecule has 4 nitrogen and oxygen atoms in total. The lowest BCUT2D eigenvalue weighted by Crippen LogP contribution is -2.01. The Labute approximate surface area is 167 Å². The second-order valence-electron chi connectivity index (χ2n) is 4.85. The number of carbonyl (C=O) groups excluding carboxylic acids is 1. The molecule has 0 saturated carbocycles. The summed E-state index contributed by atoms with van der Waals surface area (Å²) in [5, 5.41) is 0.831. The van der Waals surface area contributed by atoms with E-state index in [-0.39, 0.29) is 22.8 Å². The van der Waals surface area contributed by atoms with Crippen LogP contribution in [0.4, 0.5) is 0 Å². The first-order chi connectivity index (χ1) is 11.1. The van der Waals surface area contributed by atoms with Crippen LogP contribution in [0, 0.1) is 0 Å². The van der Waals surface area contributed by atoms with Gasteiger partial charge in [-0.15, -0.1) is 28.3 Å². The molecular weight excluding hydrogens is 476 g/mol. The summed E-state index contributed by atoms with van der Waals surface area (Å²) in [5.74, 6) is 1.31. The molecule has 0 unspecified atom stereocenters. The van der Waals surface area contributed by atoms with Crippen molar-refractivity contribution in [2.24, 2.45) is 7.05 Å². The highest BCUT2D eigenvalue weighted by molar-refractivity contribution is 9.11. The number of hydrogen-bond acceptors (Lipinski definition) is 5. The van der Waals surface area contributed by atoms with Gasteiger partial charge in [0.25, 0.3) is 0 Å². The predicted molar refractivity (Wildman–Crippen MR) is 109 cm³/mol. The Morgan fingerprint density at radius 3 is 2.83 bits per heavy atom. The van der Waals surface area contributed by atoms with Crippen LogP contribution < -0.4 is 4.74 Å². The number of nitrogens with zero attached hydrogens (tertiary/aromatic N) is 2. The highest BCUT2D eigenvalue weighted by atomic mass is 79.9. The summed E-state index contributed by atoms with van der Waals surface area (Å²) < 4.78 is 8.48. The summed E-state index contributed by atoms with van der Waals surface area (Å²) in [7, 11) is 1.96. The third-order valence-corrected chi connectivity index (χ3v) is 6.00. The van der Waals surface area contributed by atoms with E-state index >= 15 is 0 Å². The molecule has 0 N–H and O–H groups in total. The van der Waals surface area contributed by atoms with Gasteiger partial charge in [0.15, 0.2) is 10.9 Å². The van der Waals surface area contributed by atoms with Crippen LogP contribution in [-0.2, 0) is 7.05 Å². The van der Waals surface area contributed by atoms with Gasteiger partial charge in [-0.25, -0.2) is 4.98 Å². The summed E-state index contributed by atoms with van der Waals surface area (Å²) in [6.07, 6.45) is 0. The Morgan fingerprint density at radius 1 is 1.38 bits per heavy atom. The van der Waals surface area contributed by atoms with Crippen molar-refractivity contribution < 1.29 is 9.53 Å². The molecule has 1 aromatic carbocycles. The van der Waals surface area contributed by atoms with Gasteiger partial charge in [0.1, 0.15) is 5.75 Å². The number of fused-ring (bicyclic) bond motifs is 1. The molecule has 0 aliphatic heterocycles. The average Bonchev–Trinajstić information content (AvgIpc) is 3.09. The average molecular weight is 492 g/mol. The summed E-state index contributed by atoms with van der Waals surface area (Å²) in [4.78, 5) is 17.6. The van der Waals surface area contributed by atoms with Gasteiger partial charge in [0.05, 0.1) is 32.1 Å². The summed E-state index contributed by atoms with van der Waals surface area (Å²) in [6.45, 7) is 2.59. The molecule has 8 heteroatoms. The molecule has 24 heavy (non-hydrogen) atoms. The Morgan fingerprint density at radius 2 is 2.17 bits per heavy atom. The van der Waals surface area contributed by atoms with E-state index in [1.807, 2.05) is 48.9 Å². The van der Waals surface area contributed by atoms with E-state index in [0.717, 1.165) is 30.6 Å². The fourth-order valence-corrected chi connectivity index (χ4v) is 4.49. The first-order valence-corrected chi connectivity index (χ1v) is 9.68. The Balaban J connectivity index is 0.00000208. The molecular formula is C16H16Br2N2O2S2. The van der Waals surface area contributed by atoms with E-state index in [1.165, 1.54) is 23.1 Å². The highest BCUT2D eigenvalue weighted by Gasteiger charge is 2.13. The van der Waals surface area contributed by atoms with Crippen molar-refractivity contribution in [3.8, 4) is 5.75 Å². The van der Waals surface area contributed by atoms with Crippen LogP contribution in [0.5, 0.6) is 5.75 Å². The lowest BCUT2D eigenvalue weighted by atomic mass is 10.3.